The summed E-state index contributed by atoms with van der Waals surface area (Å²) < 4.78 is 11.8. The largest absolute Gasteiger partial charge is 0.488 e. The van der Waals surface area contributed by atoms with E-state index in [-0.39, 0.29) is 12.4 Å². The van der Waals surface area contributed by atoms with Crippen molar-refractivity contribution in [1.29, 1.82) is 0 Å². The zero-order chi connectivity index (χ0) is 25.6. The van der Waals surface area contributed by atoms with Gasteiger partial charge < -0.3 is 14.8 Å². The number of methoxy groups -OCH3 is 1. The Bertz CT molecular complexity index is 1490. The number of allylic oxidation sites excluding steroid dienone is 2. The van der Waals surface area contributed by atoms with Crippen LogP contribution >= 0.6 is 39.1 Å². The van der Waals surface area contributed by atoms with Gasteiger partial charge in [-0.2, -0.15) is 0 Å². The lowest BCUT2D eigenvalue weighted by Crippen LogP contribution is -2.29. The quantitative estimate of drug-likeness (QED) is 0.325. The van der Waals surface area contributed by atoms with Crippen molar-refractivity contribution in [2.75, 3.05) is 7.11 Å². The molecule has 0 spiro atoms. The Kier molecular flexibility index (Phi) is 6.68. The molecule has 182 valence electrons. The van der Waals surface area contributed by atoms with Crippen LogP contribution in [0, 0.1) is 0 Å². The first-order chi connectivity index (χ1) is 17.3. The third kappa shape index (κ3) is 4.23. The lowest BCUT2D eigenvalue weighted by Gasteiger charge is -2.29. The topological polar surface area (TPSA) is 64.6 Å². The SMILES string of the molecule is COC(=O)C1=C(C)NC2=C(C(=O)c3ccccc32)[C@@H]1c1ccc(OCc2ccc(Cl)c(Cl)c2)c(Br)c1. The molecule has 0 bridgehead atoms. The lowest BCUT2D eigenvalue weighted by molar-refractivity contribution is -0.136. The van der Waals surface area contributed by atoms with Crippen LogP contribution in [0.1, 0.15) is 39.9 Å². The molecule has 0 saturated carbocycles. The molecule has 0 unspecified atom stereocenters. The van der Waals surface area contributed by atoms with Gasteiger partial charge in [-0.1, -0.05) is 59.6 Å². The highest BCUT2D eigenvalue weighted by Gasteiger charge is 2.42. The van der Waals surface area contributed by atoms with E-state index in [2.05, 4.69) is 21.2 Å². The Morgan fingerprint density at radius 3 is 2.47 bits per heavy atom. The molecule has 1 aliphatic heterocycles. The summed E-state index contributed by atoms with van der Waals surface area (Å²) in [6, 6.07) is 18.3. The average Bonchev–Trinajstić information content (AvgIpc) is 3.15. The first kappa shape index (κ1) is 24.6. The third-order valence-corrected chi connectivity index (χ3v) is 7.68. The van der Waals surface area contributed by atoms with Crippen LogP contribution in [0.4, 0.5) is 0 Å². The van der Waals surface area contributed by atoms with E-state index in [4.69, 9.17) is 32.7 Å². The summed E-state index contributed by atoms with van der Waals surface area (Å²) in [6.07, 6.45) is 0. The molecule has 1 aliphatic carbocycles. The van der Waals surface area contributed by atoms with Crippen molar-refractivity contribution in [3.05, 3.63) is 114 Å². The molecule has 1 atom stereocenters. The second kappa shape index (κ2) is 9.77. The van der Waals surface area contributed by atoms with E-state index in [0.717, 1.165) is 22.4 Å². The Morgan fingerprint density at radius 2 is 1.78 bits per heavy atom. The van der Waals surface area contributed by atoms with Crippen molar-refractivity contribution in [3.63, 3.8) is 0 Å². The summed E-state index contributed by atoms with van der Waals surface area (Å²) in [5.41, 5.74) is 5.36. The van der Waals surface area contributed by atoms with Crippen molar-refractivity contribution in [2.24, 2.45) is 0 Å². The number of esters is 1. The van der Waals surface area contributed by atoms with E-state index in [9.17, 15) is 9.59 Å². The summed E-state index contributed by atoms with van der Waals surface area (Å²) in [6.45, 7) is 2.11. The standard InChI is InChI=1S/C28H20BrCl2NO4/c1-14-23(28(34)35-2)24(25-26(32-14)17-5-3-4-6-18(17)27(25)33)16-8-10-22(19(29)12-16)36-13-15-7-9-20(30)21(31)11-15/h3-12,24,32H,13H2,1-2H3/t24-/m1/s1. The lowest BCUT2D eigenvalue weighted by atomic mass is 9.80. The number of dihydropyridines is 1. The molecule has 0 amide bonds. The van der Waals surface area contributed by atoms with Crippen molar-refractivity contribution >= 4 is 56.6 Å². The van der Waals surface area contributed by atoms with E-state index in [1.165, 1.54) is 7.11 Å². The maximum Gasteiger partial charge on any atom is 0.336 e. The molecule has 0 radical (unpaired) electrons. The van der Waals surface area contributed by atoms with Crippen LogP contribution in [0.5, 0.6) is 5.75 Å². The third-order valence-electron chi connectivity index (χ3n) is 6.32. The molecule has 3 aromatic carbocycles. The monoisotopic (exact) mass is 583 g/mol. The van der Waals surface area contributed by atoms with Crippen LogP contribution in [0.15, 0.2) is 82.0 Å². The molecule has 8 heteroatoms. The summed E-state index contributed by atoms with van der Waals surface area (Å²) in [5.74, 6) is -0.595. The minimum Gasteiger partial charge on any atom is -0.488 e. The van der Waals surface area contributed by atoms with Crippen LogP contribution < -0.4 is 10.1 Å². The fourth-order valence-electron chi connectivity index (χ4n) is 4.65. The molecule has 2 aliphatic rings. The maximum absolute atomic E-state index is 13.5. The Hall–Kier alpha value is -3.06. The van der Waals surface area contributed by atoms with Gasteiger partial charge in [0, 0.05) is 28.3 Å². The van der Waals surface area contributed by atoms with Crippen molar-refractivity contribution in [3.8, 4) is 5.75 Å². The Labute approximate surface area is 226 Å². The molecule has 1 heterocycles. The molecule has 5 nitrogen and oxygen atoms in total. The highest BCUT2D eigenvalue weighted by molar-refractivity contribution is 9.10. The van der Waals surface area contributed by atoms with Gasteiger partial charge in [-0.3, -0.25) is 4.79 Å². The fraction of sp³-hybridized carbons (Fsp3) is 0.143. The van der Waals surface area contributed by atoms with Crippen LogP contribution in [-0.2, 0) is 16.1 Å². The molecule has 3 aromatic rings. The first-order valence-corrected chi connectivity index (χ1v) is 12.7. The molecular formula is C28H20BrCl2NO4. The molecular weight excluding hydrogens is 565 g/mol. The van der Waals surface area contributed by atoms with Gasteiger partial charge >= 0.3 is 5.97 Å². The normalized spacial score (nSPS) is 16.5. The number of ether oxygens (including phenoxy) is 2. The van der Waals surface area contributed by atoms with Gasteiger partial charge in [0.15, 0.2) is 5.78 Å². The minimum absolute atomic E-state index is 0.108. The molecule has 0 fully saturated rings. The number of ketones is 1. The van der Waals surface area contributed by atoms with Gasteiger partial charge in [0.05, 0.1) is 32.9 Å². The summed E-state index contributed by atoms with van der Waals surface area (Å²) in [7, 11) is 1.34. The summed E-state index contributed by atoms with van der Waals surface area (Å²) >= 11 is 15.7. The Morgan fingerprint density at radius 1 is 1.03 bits per heavy atom. The van der Waals surface area contributed by atoms with E-state index in [1.807, 2.05) is 49.4 Å². The Balaban J connectivity index is 1.52. The first-order valence-electron chi connectivity index (χ1n) is 11.1. The molecule has 36 heavy (non-hydrogen) atoms. The fourth-order valence-corrected chi connectivity index (χ4v) is 5.48. The van der Waals surface area contributed by atoms with Crippen LogP contribution in [0.2, 0.25) is 10.0 Å². The number of carbonyl (C=O) groups is 2. The van der Waals surface area contributed by atoms with Crippen molar-refractivity contribution < 1.29 is 19.1 Å². The van der Waals surface area contributed by atoms with E-state index in [0.29, 0.717) is 42.7 Å². The van der Waals surface area contributed by atoms with Crippen LogP contribution in [-0.4, -0.2) is 18.9 Å². The molecule has 0 saturated heterocycles. The number of Topliss-reactive ketones (excluding diaryl/α,β-unsaturated/α-hetero) is 1. The van der Waals surface area contributed by atoms with E-state index >= 15 is 0 Å². The molecule has 1 N–H and O–H groups in total. The number of hydrogen-bond acceptors (Lipinski definition) is 5. The predicted octanol–water partition coefficient (Wildman–Crippen LogP) is 7.08. The number of fused-ring (bicyclic) bond motifs is 2. The predicted molar refractivity (Wildman–Crippen MR) is 143 cm³/mol. The number of rotatable bonds is 5. The number of hydrogen-bond donors (Lipinski definition) is 1. The van der Waals surface area contributed by atoms with Crippen LogP contribution in [0.25, 0.3) is 5.70 Å². The maximum atomic E-state index is 13.5. The second-order valence-corrected chi connectivity index (χ2v) is 10.1. The molecule has 5 rings (SSSR count). The number of halogens is 3. The highest BCUT2D eigenvalue weighted by Crippen LogP contribution is 2.47. The van der Waals surface area contributed by atoms with Gasteiger partial charge in [0.1, 0.15) is 12.4 Å². The number of carbonyl (C=O) groups excluding carboxylic acids is 2. The molecule has 0 aromatic heterocycles. The van der Waals surface area contributed by atoms with Crippen molar-refractivity contribution in [2.45, 2.75) is 19.4 Å². The van der Waals surface area contributed by atoms with E-state index in [1.54, 1.807) is 18.2 Å². The van der Waals surface area contributed by atoms with Gasteiger partial charge in [-0.25, -0.2) is 4.79 Å². The van der Waals surface area contributed by atoms with Crippen molar-refractivity contribution in [1.82, 2.24) is 5.32 Å². The second-order valence-electron chi connectivity index (χ2n) is 8.48. The zero-order valence-corrected chi connectivity index (χ0v) is 22.4. The zero-order valence-electron chi connectivity index (χ0n) is 19.3. The van der Waals surface area contributed by atoms with Crippen LogP contribution in [0.3, 0.4) is 0 Å². The van der Waals surface area contributed by atoms with E-state index < -0.39 is 11.9 Å². The number of benzene rings is 3. The number of nitrogens with one attached hydrogen (secondary N) is 1. The summed E-state index contributed by atoms with van der Waals surface area (Å²) in [5, 5.41) is 4.23. The highest BCUT2D eigenvalue weighted by atomic mass is 79.9. The van der Waals surface area contributed by atoms with Gasteiger partial charge in [-0.05, 0) is 58.2 Å². The minimum atomic E-state index is -0.603. The van der Waals surface area contributed by atoms with Gasteiger partial charge in [-0.15, -0.1) is 0 Å². The van der Waals surface area contributed by atoms with Gasteiger partial charge in [0.25, 0.3) is 0 Å². The van der Waals surface area contributed by atoms with Gasteiger partial charge in [0.2, 0.25) is 0 Å². The summed E-state index contributed by atoms with van der Waals surface area (Å²) in [4.78, 5) is 26.4. The average molecular weight is 585 g/mol. The smallest absolute Gasteiger partial charge is 0.336 e.